The zero-order valence-electron chi connectivity index (χ0n) is 10.1. The molecule has 0 amide bonds. The smallest absolute Gasteiger partial charge is 0.0440 e. The van der Waals surface area contributed by atoms with Crippen LogP contribution in [0.1, 0.15) is 50.2 Å². The fourth-order valence-electron chi connectivity index (χ4n) is 2.75. The Hall–Kier alpha value is -0.530. The normalized spacial score (nSPS) is 20.6. The predicted molar refractivity (Wildman–Crippen MR) is 70.0 cm³/mol. The first-order chi connectivity index (χ1) is 7.47. The Morgan fingerprint density at radius 2 is 2.19 bits per heavy atom. The highest BCUT2D eigenvalue weighted by atomic mass is 35.5. The number of halogens is 1. The van der Waals surface area contributed by atoms with Gasteiger partial charge in [-0.3, -0.25) is 0 Å². The van der Waals surface area contributed by atoms with Gasteiger partial charge in [0.05, 0.1) is 0 Å². The van der Waals surface area contributed by atoms with Crippen molar-refractivity contribution in [3.05, 3.63) is 34.3 Å². The number of rotatable bonds is 2. The minimum atomic E-state index is -0.0956. The van der Waals surface area contributed by atoms with E-state index < -0.39 is 0 Å². The average molecular weight is 238 g/mol. The molecule has 0 bridgehead atoms. The van der Waals surface area contributed by atoms with Crippen molar-refractivity contribution in [2.45, 2.75) is 51.0 Å². The van der Waals surface area contributed by atoms with Crippen LogP contribution in [0.25, 0.3) is 0 Å². The van der Waals surface area contributed by atoms with Gasteiger partial charge in [-0.1, -0.05) is 23.7 Å². The lowest BCUT2D eigenvalue weighted by Gasteiger charge is -2.31. The molecule has 0 aliphatic heterocycles. The summed E-state index contributed by atoms with van der Waals surface area (Å²) < 4.78 is 0. The van der Waals surface area contributed by atoms with Crippen molar-refractivity contribution in [1.29, 1.82) is 0 Å². The van der Waals surface area contributed by atoms with Crippen LogP contribution in [0.15, 0.2) is 18.2 Å². The van der Waals surface area contributed by atoms with Gasteiger partial charge in [0.25, 0.3) is 0 Å². The maximum absolute atomic E-state index is 6.25. The number of hydrogen-bond donors (Lipinski definition) is 1. The molecule has 0 aromatic heterocycles. The van der Waals surface area contributed by atoms with E-state index in [1.807, 2.05) is 6.07 Å². The zero-order chi connectivity index (χ0) is 11.8. The molecule has 1 unspecified atom stereocenters. The molecule has 16 heavy (non-hydrogen) atoms. The van der Waals surface area contributed by atoms with E-state index in [2.05, 4.69) is 26.0 Å². The minimum absolute atomic E-state index is 0.0956. The molecule has 0 radical (unpaired) electrons. The van der Waals surface area contributed by atoms with E-state index in [-0.39, 0.29) is 5.54 Å². The lowest BCUT2D eigenvalue weighted by Crippen LogP contribution is -2.34. The summed E-state index contributed by atoms with van der Waals surface area (Å²) in [5.74, 6) is 0.586. The Labute approximate surface area is 103 Å². The molecular formula is C14H20ClN. The predicted octanol–water partition coefficient (Wildman–Crippen LogP) is 3.89. The maximum atomic E-state index is 6.25. The number of fused-ring (bicyclic) bond motifs is 1. The Morgan fingerprint density at radius 3 is 2.88 bits per heavy atom. The first kappa shape index (κ1) is 11.9. The first-order valence-electron chi connectivity index (χ1n) is 6.03. The Kier molecular flexibility index (Phi) is 3.27. The summed E-state index contributed by atoms with van der Waals surface area (Å²) in [5.41, 5.74) is 8.81. The van der Waals surface area contributed by atoms with E-state index in [9.17, 15) is 0 Å². The molecule has 1 aliphatic rings. The summed E-state index contributed by atoms with van der Waals surface area (Å²) in [6.45, 7) is 4.21. The van der Waals surface area contributed by atoms with Crippen LogP contribution < -0.4 is 5.73 Å². The second-order valence-corrected chi connectivity index (χ2v) is 6.00. The largest absolute Gasteiger partial charge is 0.326 e. The number of benzene rings is 1. The summed E-state index contributed by atoms with van der Waals surface area (Å²) in [7, 11) is 0. The quantitative estimate of drug-likeness (QED) is 0.830. The lowest BCUT2D eigenvalue weighted by atomic mass is 9.77. The molecule has 1 aromatic rings. The molecule has 2 N–H and O–H groups in total. The van der Waals surface area contributed by atoms with Crippen LogP contribution in [-0.4, -0.2) is 5.54 Å². The third-order valence-electron chi connectivity index (χ3n) is 3.35. The summed E-state index contributed by atoms with van der Waals surface area (Å²) in [6.07, 6.45) is 4.64. The van der Waals surface area contributed by atoms with Crippen molar-refractivity contribution in [3.63, 3.8) is 0 Å². The summed E-state index contributed by atoms with van der Waals surface area (Å²) in [4.78, 5) is 0. The molecule has 1 aliphatic carbocycles. The average Bonchev–Trinajstić information content (AvgIpc) is 2.17. The van der Waals surface area contributed by atoms with E-state index >= 15 is 0 Å². The van der Waals surface area contributed by atoms with Crippen molar-refractivity contribution in [2.24, 2.45) is 5.73 Å². The topological polar surface area (TPSA) is 26.0 Å². The van der Waals surface area contributed by atoms with Crippen LogP contribution in [-0.2, 0) is 6.42 Å². The van der Waals surface area contributed by atoms with E-state index in [0.717, 1.165) is 17.9 Å². The summed E-state index contributed by atoms with van der Waals surface area (Å²) >= 11 is 6.25. The summed E-state index contributed by atoms with van der Waals surface area (Å²) in [6, 6.07) is 6.27. The molecular weight excluding hydrogens is 218 g/mol. The first-order valence-corrected chi connectivity index (χ1v) is 6.41. The van der Waals surface area contributed by atoms with Gasteiger partial charge in [-0.05, 0) is 62.6 Å². The fraction of sp³-hybridized carbons (Fsp3) is 0.571. The molecule has 0 fully saturated rings. The fourth-order valence-corrected chi connectivity index (χ4v) is 3.03. The van der Waals surface area contributed by atoms with Gasteiger partial charge in [-0.2, -0.15) is 0 Å². The molecule has 2 rings (SSSR count). The second kappa shape index (κ2) is 4.38. The van der Waals surface area contributed by atoms with E-state index in [0.29, 0.717) is 5.92 Å². The van der Waals surface area contributed by atoms with Gasteiger partial charge >= 0.3 is 0 Å². The van der Waals surface area contributed by atoms with Gasteiger partial charge in [0.15, 0.2) is 0 Å². The summed E-state index contributed by atoms with van der Waals surface area (Å²) in [5, 5.41) is 0.928. The van der Waals surface area contributed by atoms with Crippen LogP contribution in [0, 0.1) is 0 Å². The molecule has 88 valence electrons. The van der Waals surface area contributed by atoms with Gasteiger partial charge < -0.3 is 5.73 Å². The Balaban J connectivity index is 2.30. The number of nitrogens with two attached hydrogens (primary N) is 1. The standard InChI is InChI=1S/C14H20ClN/c1-14(2,16)9-10-5-3-7-12-11(10)6-4-8-13(12)15/h4,6,8,10H,3,5,7,9,16H2,1-2H3. The van der Waals surface area contributed by atoms with Gasteiger partial charge in [-0.15, -0.1) is 0 Å². The van der Waals surface area contributed by atoms with Gasteiger partial charge in [0.2, 0.25) is 0 Å². The Bertz CT molecular complexity index is 379. The van der Waals surface area contributed by atoms with E-state index in [1.165, 1.54) is 24.0 Å². The van der Waals surface area contributed by atoms with Gasteiger partial charge in [0.1, 0.15) is 0 Å². The second-order valence-electron chi connectivity index (χ2n) is 5.59. The molecule has 2 heteroatoms. The van der Waals surface area contributed by atoms with E-state index in [1.54, 1.807) is 0 Å². The van der Waals surface area contributed by atoms with Crippen LogP contribution >= 0.6 is 11.6 Å². The Morgan fingerprint density at radius 1 is 1.44 bits per heavy atom. The van der Waals surface area contributed by atoms with Crippen molar-refractivity contribution in [2.75, 3.05) is 0 Å². The third kappa shape index (κ3) is 2.58. The minimum Gasteiger partial charge on any atom is -0.326 e. The molecule has 0 saturated heterocycles. The molecule has 1 nitrogen and oxygen atoms in total. The van der Waals surface area contributed by atoms with Crippen LogP contribution in [0.5, 0.6) is 0 Å². The molecule has 1 aromatic carbocycles. The highest BCUT2D eigenvalue weighted by Gasteiger charge is 2.26. The van der Waals surface area contributed by atoms with Crippen molar-refractivity contribution in [1.82, 2.24) is 0 Å². The van der Waals surface area contributed by atoms with Crippen molar-refractivity contribution < 1.29 is 0 Å². The van der Waals surface area contributed by atoms with Crippen molar-refractivity contribution >= 4 is 11.6 Å². The SMILES string of the molecule is CC(C)(N)CC1CCCc2c(Cl)cccc21. The van der Waals surface area contributed by atoms with Crippen LogP contribution in [0.3, 0.4) is 0 Å². The number of hydrogen-bond acceptors (Lipinski definition) is 1. The monoisotopic (exact) mass is 237 g/mol. The van der Waals surface area contributed by atoms with Gasteiger partial charge in [0, 0.05) is 10.6 Å². The molecule has 0 spiro atoms. The van der Waals surface area contributed by atoms with Gasteiger partial charge in [-0.25, -0.2) is 0 Å². The highest BCUT2D eigenvalue weighted by molar-refractivity contribution is 6.31. The third-order valence-corrected chi connectivity index (χ3v) is 3.70. The van der Waals surface area contributed by atoms with E-state index in [4.69, 9.17) is 17.3 Å². The molecule has 0 heterocycles. The van der Waals surface area contributed by atoms with Crippen LogP contribution in [0.4, 0.5) is 0 Å². The maximum Gasteiger partial charge on any atom is 0.0440 e. The molecule has 1 atom stereocenters. The molecule has 0 saturated carbocycles. The lowest BCUT2D eigenvalue weighted by molar-refractivity contribution is 0.393. The highest BCUT2D eigenvalue weighted by Crippen LogP contribution is 2.38. The van der Waals surface area contributed by atoms with Crippen molar-refractivity contribution in [3.8, 4) is 0 Å². The van der Waals surface area contributed by atoms with Crippen LogP contribution in [0.2, 0.25) is 5.02 Å². The zero-order valence-corrected chi connectivity index (χ0v) is 10.8.